The second kappa shape index (κ2) is 4.88. The molecule has 0 radical (unpaired) electrons. The zero-order valence-electron chi connectivity index (χ0n) is 10.2. The monoisotopic (exact) mass is 248 g/mol. The predicted octanol–water partition coefficient (Wildman–Crippen LogP) is 2.90. The zero-order valence-corrected chi connectivity index (χ0v) is 10.2. The van der Waals surface area contributed by atoms with Crippen molar-refractivity contribution < 1.29 is 19.0 Å². The Kier molecular flexibility index (Phi) is 3.09. The number of rotatable bonds is 2. The molecule has 0 amide bonds. The number of fused-ring (bicyclic) bond motifs is 1. The third-order valence-corrected chi connectivity index (χ3v) is 3.50. The maximum Gasteiger partial charge on any atom is 0.314 e. The van der Waals surface area contributed by atoms with E-state index in [0.29, 0.717) is 17.2 Å². The molecule has 0 bridgehead atoms. The molecular formula is C14H16O4. The van der Waals surface area contributed by atoms with E-state index < -0.39 is 0 Å². The fraction of sp³-hybridized carbons (Fsp3) is 0.500. The lowest BCUT2D eigenvalue weighted by Crippen LogP contribution is -2.22. The number of hydrogen-bond acceptors (Lipinski definition) is 4. The summed E-state index contributed by atoms with van der Waals surface area (Å²) in [6.07, 6.45) is 5.38. The molecule has 1 heterocycles. The molecule has 1 aliphatic carbocycles. The first kappa shape index (κ1) is 11.4. The molecule has 1 aromatic rings. The summed E-state index contributed by atoms with van der Waals surface area (Å²) < 4.78 is 15.9. The first-order chi connectivity index (χ1) is 8.83. The molecule has 0 atom stereocenters. The van der Waals surface area contributed by atoms with Crippen molar-refractivity contribution in [3.8, 4) is 17.2 Å². The third-order valence-electron chi connectivity index (χ3n) is 3.50. The van der Waals surface area contributed by atoms with Gasteiger partial charge in [0, 0.05) is 6.07 Å². The highest BCUT2D eigenvalue weighted by Crippen LogP contribution is 2.35. The summed E-state index contributed by atoms with van der Waals surface area (Å²) in [5.74, 6) is 1.82. The lowest BCUT2D eigenvalue weighted by atomic mass is 9.89. The first-order valence-corrected chi connectivity index (χ1v) is 6.44. The zero-order chi connectivity index (χ0) is 12.4. The molecule has 1 aliphatic heterocycles. The fourth-order valence-corrected chi connectivity index (χ4v) is 2.48. The third kappa shape index (κ3) is 2.28. The minimum absolute atomic E-state index is 0.0594. The lowest BCUT2D eigenvalue weighted by Gasteiger charge is -2.19. The Morgan fingerprint density at radius 2 is 1.89 bits per heavy atom. The summed E-state index contributed by atoms with van der Waals surface area (Å²) in [6.45, 7) is 0.232. The van der Waals surface area contributed by atoms with Crippen LogP contribution in [0.3, 0.4) is 0 Å². The second-order valence-corrected chi connectivity index (χ2v) is 4.77. The molecule has 4 heteroatoms. The highest BCUT2D eigenvalue weighted by atomic mass is 16.7. The van der Waals surface area contributed by atoms with Crippen LogP contribution in [-0.2, 0) is 4.79 Å². The van der Waals surface area contributed by atoms with Crippen LogP contribution in [0.25, 0.3) is 0 Å². The maximum atomic E-state index is 12.0. The van der Waals surface area contributed by atoms with E-state index in [9.17, 15) is 4.79 Å². The van der Waals surface area contributed by atoms with Crippen LogP contribution in [0.2, 0.25) is 0 Å². The van der Waals surface area contributed by atoms with Gasteiger partial charge in [0.1, 0.15) is 5.75 Å². The molecule has 2 aliphatic rings. The van der Waals surface area contributed by atoms with E-state index in [0.717, 1.165) is 25.7 Å². The van der Waals surface area contributed by atoms with Crippen molar-refractivity contribution in [3.63, 3.8) is 0 Å². The van der Waals surface area contributed by atoms with Crippen molar-refractivity contribution in [1.29, 1.82) is 0 Å². The quantitative estimate of drug-likeness (QED) is 0.596. The Bertz CT molecular complexity index is 449. The number of ether oxygens (including phenoxy) is 3. The molecule has 96 valence electrons. The molecule has 1 fully saturated rings. The summed E-state index contributed by atoms with van der Waals surface area (Å²) in [4.78, 5) is 12.0. The minimum atomic E-state index is -0.117. The Morgan fingerprint density at radius 1 is 1.11 bits per heavy atom. The summed E-state index contributed by atoms with van der Waals surface area (Å²) in [7, 11) is 0. The summed E-state index contributed by atoms with van der Waals surface area (Å²) >= 11 is 0. The summed E-state index contributed by atoms with van der Waals surface area (Å²) in [5, 5.41) is 0. The van der Waals surface area contributed by atoms with E-state index in [1.165, 1.54) is 6.42 Å². The Hall–Kier alpha value is -1.71. The van der Waals surface area contributed by atoms with Crippen LogP contribution < -0.4 is 14.2 Å². The van der Waals surface area contributed by atoms with Crippen LogP contribution in [0.1, 0.15) is 32.1 Å². The molecule has 1 aromatic carbocycles. The van der Waals surface area contributed by atoms with Crippen LogP contribution in [0, 0.1) is 5.92 Å². The Balaban J connectivity index is 1.66. The SMILES string of the molecule is O=C(Oc1ccc2c(c1)OCO2)C1CCCCC1. The molecule has 0 N–H and O–H groups in total. The van der Waals surface area contributed by atoms with Crippen LogP contribution in [0.5, 0.6) is 17.2 Å². The van der Waals surface area contributed by atoms with E-state index in [1.807, 2.05) is 0 Å². The van der Waals surface area contributed by atoms with Gasteiger partial charge in [-0.05, 0) is 25.0 Å². The first-order valence-electron chi connectivity index (χ1n) is 6.44. The average molecular weight is 248 g/mol. The van der Waals surface area contributed by atoms with Gasteiger partial charge in [0.2, 0.25) is 6.79 Å². The largest absolute Gasteiger partial charge is 0.454 e. The molecule has 18 heavy (non-hydrogen) atoms. The van der Waals surface area contributed by atoms with Crippen molar-refractivity contribution in [2.24, 2.45) is 5.92 Å². The standard InChI is InChI=1S/C14H16O4/c15-14(10-4-2-1-3-5-10)18-11-6-7-12-13(8-11)17-9-16-12/h6-8,10H,1-5,9H2. The Morgan fingerprint density at radius 3 is 2.72 bits per heavy atom. The minimum Gasteiger partial charge on any atom is -0.454 e. The van der Waals surface area contributed by atoms with Crippen molar-refractivity contribution in [2.75, 3.05) is 6.79 Å². The lowest BCUT2D eigenvalue weighted by molar-refractivity contribution is -0.139. The van der Waals surface area contributed by atoms with Gasteiger partial charge in [-0.25, -0.2) is 0 Å². The van der Waals surface area contributed by atoms with Crippen molar-refractivity contribution >= 4 is 5.97 Å². The van der Waals surface area contributed by atoms with Gasteiger partial charge in [-0.1, -0.05) is 19.3 Å². The van der Waals surface area contributed by atoms with Gasteiger partial charge >= 0.3 is 5.97 Å². The van der Waals surface area contributed by atoms with E-state index in [2.05, 4.69) is 0 Å². The normalized spacial score (nSPS) is 18.7. The van der Waals surface area contributed by atoms with E-state index in [4.69, 9.17) is 14.2 Å². The second-order valence-electron chi connectivity index (χ2n) is 4.77. The Labute approximate surface area is 106 Å². The highest BCUT2D eigenvalue weighted by Gasteiger charge is 2.23. The number of benzene rings is 1. The summed E-state index contributed by atoms with van der Waals surface area (Å²) in [5.41, 5.74) is 0. The maximum absolute atomic E-state index is 12.0. The van der Waals surface area contributed by atoms with Crippen LogP contribution >= 0.6 is 0 Å². The molecule has 0 aromatic heterocycles. The van der Waals surface area contributed by atoms with Crippen LogP contribution in [-0.4, -0.2) is 12.8 Å². The molecule has 0 spiro atoms. The number of carbonyl (C=O) groups is 1. The van der Waals surface area contributed by atoms with Gasteiger partial charge in [0.25, 0.3) is 0 Å². The van der Waals surface area contributed by atoms with Gasteiger partial charge in [0.15, 0.2) is 11.5 Å². The van der Waals surface area contributed by atoms with E-state index in [1.54, 1.807) is 18.2 Å². The van der Waals surface area contributed by atoms with Gasteiger partial charge in [0.05, 0.1) is 5.92 Å². The molecule has 0 saturated heterocycles. The molecular weight excluding hydrogens is 232 g/mol. The molecule has 3 rings (SSSR count). The highest BCUT2D eigenvalue weighted by molar-refractivity contribution is 5.75. The fourth-order valence-electron chi connectivity index (χ4n) is 2.48. The van der Waals surface area contributed by atoms with Gasteiger partial charge in [-0.2, -0.15) is 0 Å². The van der Waals surface area contributed by atoms with Gasteiger partial charge in [-0.3, -0.25) is 4.79 Å². The van der Waals surface area contributed by atoms with Crippen molar-refractivity contribution in [3.05, 3.63) is 18.2 Å². The van der Waals surface area contributed by atoms with E-state index >= 15 is 0 Å². The smallest absolute Gasteiger partial charge is 0.314 e. The van der Waals surface area contributed by atoms with Gasteiger partial charge in [-0.15, -0.1) is 0 Å². The molecule has 0 unspecified atom stereocenters. The topological polar surface area (TPSA) is 44.8 Å². The van der Waals surface area contributed by atoms with E-state index in [-0.39, 0.29) is 18.7 Å². The number of hydrogen-bond donors (Lipinski definition) is 0. The number of esters is 1. The van der Waals surface area contributed by atoms with Crippen LogP contribution in [0.15, 0.2) is 18.2 Å². The molecule has 4 nitrogen and oxygen atoms in total. The predicted molar refractivity (Wildman–Crippen MR) is 64.8 cm³/mol. The summed E-state index contributed by atoms with van der Waals surface area (Å²) in [6, 6.07) is 5.23. The molecule has 1 saturated carbocycles. The van der Waals surface area contributed by atoms with Crippen molar-refractivity contribution in [1.82, 2.24) is 0 Å². The average Bonchev–Trinajstić information content (AvgIpc) is 2.87. The number of carbonyl (C=O) groups excluding carboxylic acids is 1. The van der Waals surface area contributed by atoms with Crippen LogP contribution in [0.4, 0.5) is 0 Å². The van der Waals surface area contributed by atoms with Gasteiger partial charge < -0.3 is 14.2 Å². The van der Waals surface area contributed by atoms with Crippen molar-refractivity contribution in [2.45, 2.75) is 32.1 Å².